The Morgan fingerprint density at radius 1 is 1.17 bits per heavy atom. The minimum absolute atomic E-state index is 0.248. The molecule has 3 N–H and O–H groups in total. The van der Waals surface area contributed by atoms with Crippen LogP contribution < -0.4 is 11.1 Å². The summed E-state index contributed by atoms with van der Waals surface area (Å²) in [4.78, 5) is 27.1. The third kappa shape index (κ3) is 3.05. The summed E-state index contributed by atoms with van der Waals surface area (Å²) >= 11 is 1.30. The van der Waals surface area contributed by atoms with E-state index in [9.17, 15) is 9.59 Å². The van der Waals surface area contributed by atoms with Crippen LogP contribution in [0.1, 0.15) is 20.0 Å². The first kappa shape index (κ1) is 15.5. The van der Waals surface area contributed by atoms with Gasteiger partial charge in [-0.05, 0) is 41.2 Å². The van der Waals surface area contributed by atoms with E-state index in [1.807, 2.05) is 0 Å². The number of fused-ring (bicyclic) bond motifs is 1. The number of hydrogen-bond acceptors (Lipinski definition) is 4. The number of amides is 2. The molecular weight excluding hydrogens is 326 g/mol. The highest BCUT2D eigenvalue weighted by Crippen LogP contribution is 2.30. The topological polar surface area (TPSA) is 121 Å². The van der Waals surface area contributed by atoms with E-state index in [0.29, 0.717) is 16.3 Å². The Morgan fingerprint density at radius 3 is 2.71 bits per heavy atom. The van der Waals surface area contributed by atoms with Crippen molar-refractivity contribution >= 4 is 44.6 Å². The number of thiophene rings is 1. The molecule has 0 saturated heterocycles. The number of nitrogens with two attached hydrogens (primary N) is 1. The fourth-order valence-corrected chi connectivity index (χ4v) is 3.19. The van der Waals surface area contributed by atoms with Gasteiger partial charge in [-0.3, -0.25) is 9.59 Å². The van der Waals surface area contributed by atoms with Gasteiger partial charge in [0.05, 0.1) is 16.1 Å². The number of carbonyl (C=O) groups is 2. The summed E-state index contributed by atoms with van der Waals surface area (Å²) in [5.41, 5.74) is 14.9. The minimum Gasteiger partial charge on any atom is -0.366 e. The molecule has 0 saturated carbocycles. The van der Waals surface area contributed by atoms with Crippen LogP contribution in [0, 0.1) is 0 Å². The first-order valence-electron chi connectivity index (χ1n) is 6.87. The van der Waals surface area contributed by atoms with E-state index < -0.39 is 5.91 Å². The zero-order chi connectivity index (χ0) is 17.1. The van der Waals surface area contributed by atoms with Gasteiger partial charge < -0.3 is 11.1 Å². The number of carbonyl (C=O) groups excluding carboxylic acids is 2. The fourth-order valence-electron chi connectivity index (χ4n) is 2.25. The lowest BCUT2D eigenvalue weighted by atomic mass is 10.1. The van der Waals surface area contributed by atoms with Crippen molar-refractivity contribution < 1.29 is 9.59 Å². The predicted octanol–water partition coefficient (Wildman–Crippen LogP) is 4.19. The lowest BCUT2D eigenvalue weighted by molar-refractivity contribution is 0.100. The summed E-state index contributed by atoms with van der Waals surface area (Å²) in [5.74, 6) is -0.948. The zero-order valence-corrected chi connectivity index (χ0v) is 13.1. The van der Waals surface area contributed by atoms with Gasteiger partial charge in [-0.15, -0.1) is 11.3 Å². The van der Waals surface area contributed by atoms with Crippen LogP contribution in [0.3, 0.4) is 0 Å². The Labute approximate surface area is 140 Å². The van der Waals surface area contributed by atoms with Gasteiger partial charge in [-0.25, -0.2) is 0 Å². The summed E-state index contributed by atoms with van der Waals surface area (Å²) in [6.07, 6.45) is 0. The number of azide groups is 1. The van der Waals surface area contributed by atoms with E-state index in [1.54, 1.807) is 48.5 Å². The van der Waals surface area contributed by atoms with Gasteiger partial charge in [-0.1, -0.05) is 23.3 Å². The Bertz CT molecular complexity index is 1000. The van der Waals surface area contributed by atoms with Crippen molar-refractivity contribution in [1.29, 1.82) is 0 Å². The number of para-hydroxylation sites is 1. The zero-order valence-electron chi connectivity index (χ0n) is 12.3. The standard InChI is InChI=1S/C16H11N5O2S/c17-15(22)11-3-1-2-4-12(11)19-16(23)14-8-9-7-10(20-21-18)5-6-13(9)24-14/h1-8H,(H2,17,22)(H,19,23). The Hall–Kier alpha value is -3.35. The largest absolute Gasteiger partial charge is 0.366 e. The molecule has 1 heterocycles. The van der Waals surface area contributed by atoms with Crippen LogP contribution in [0.15, 0.2) is 53.6 Å². The normalized spacial score (nSPS) is 10.2. The van der Waals surface area contributed by atoms with Gasteiger partial charge >= 0.3 is 0 Å². The molecule has 2 aromatic carbocycles. The van der Waals surface area contributed by atoms with Crippen molar-refractivity contribution in [2.75, 3.05) is 5.32 Å². The van der Waals surface area contributed by atoms with E-state index in [1.165, 1.54) is 11.3 Å². The lowest BCUT2D eigenvalue weighted by Crippen LogP contribution is -2.17. The molecule has 0 aliphatic carbocycles. The van der Waals surface area contributed by atoms with Crippen LogP contribution in [-0.4, -0.2) is 11.8 Å². The average molecular weight is 337 g/mol. The first-order chi connectivity index (χ1) is 11.6. The number of anilines is 1. The van der Waals surface area contributed by atoms with E-state index in [4.69, 9.17) is 11.3 Å². The SMILES string of the molecule is [N-]=[N+]=Nc1ccc2sc(C(=O)Nc3ccccc3C(N)=O)cc2c1. The van der Waals surface area contributed by atoms with Gasteiger partial charge in [0.1, 0.15) is 0 Å². The molecule has 0 bridgehead atoms. The van der Waals surface area contributed by atoms with Crippen LogP contribution in [0.4, 0.5) is 11.4 Å². The maximum atomic E-state index is 12.4. The molecule has 0 aliphatic rings. The maximum absolute atomic E-state index is 12.4. The number of hydrogen-bond donors (Lipinski definition) is 2. The van der Waals surface area contributed by atoms with Gasteiger partial charge in [0.2, 0.25) is 0 Å². The molecule has 24 heavy (non-hydrogen) atoms. The van der Waals surface area contributed by atoms with Crippen molar-refractivity contribution in [3.05, 3.63) is 69.4 Å². The monoisotopic (exact) mass is 337 g/mol. The van der Waals surface area contributed by atoms with E-state index in [0.717, 1.165) is 10.1 Å². The highest BCUT2D eigenvalue weighted by Gasteiger charge is 2.14. The van der Waals surface area contributed by atoms with E-state index >= 15 is 0 Å². The van der Waals surface area contributed by atoms with Gasteiger partial charge in [0.25, 0.3) is 11.8 Å². The molecule has 7 nitrogen and oxygen atoms in total. The minimum atomic E-state index is -0.610. The lowest BCUT2D eigenvalue weighted by Gasteiger charge is -2.07. The molecule has 2 amide bonds. The van der Waals surface area contributed by atoms with Crippen LogP contribution >= 0.6 is 11.3 Å². The summed E-state index contributed by atoms with van der Waals surface area (Å²) in [5, 5.41) is 7.04. The van der Waals surface area contributed by atoms with Crippen molar-refractivity contribution in [1.82, 2.24) is 0 Å². The van der Waals surface area contributed by atoms with Gasteiger partial charge in [0, 0.05) is 15.3 Å². The number of nitrogens with one attached hydrogen (secondary N) is 1. The summed E-state index contributed by atoms with van der Waals surface area (Å²) < 4.78 is 0.889. The number of rotatable bonds is 4. The molecule has 0 radical (unpaired) electrons. The van der Waals surface area contributed by atoms with Crippen LogP contribution in [0.5, 0.6) is 0 Å². The highest BCUT2D eigenvalue weighted by molar-refractivity contribution is 7.20. The highest BCUT2D eigenvalue weighted by atomic mass is 32.1. The summed E-state index contributed by atoms with van der Waals surface area (Å²) in [7, 11) is 0. The molecule has 118 valence electrons. The second-order valence-electron chi connectivity index (χ2n) is 4.89. The third-order valence-electron chi connectivity index (χ3n) is 3.32. The Balaban J connectivity index is 1.92. The van der Waals surface area contributed by atoms with Crippen molar-refractivity contribution in [3.63, 3.8) is 0 Å². The van der Waals surface area contributed by atoms with Crippen molar-refractivity contribution in [2.24, 2.45) is 10.8 Å². The molecular formula is C16H11N5O2S. The van der Waals surface area contributed by atoms with Gasteiger partial charge in [0.15, 0.2) is 0 Å². The molecule has 1 aromatic heterocycles. The van der Waals surface area contributed by atoms with Gasteiger partial charge in [-0.2, -0.15) is 0 Å². The first-order valence-corrected chi connectivity index (χ1v) is 7.69. The predicted molar refractivity (Wildman–Crippen MR) is 93.5 cm³/mol. The molecule has 0 fully saturated rings. The molecule has 0 spiro atoms. The number of primary amides is 1. The Morgan fingerprint density at radius 2 is 1.96 bits per heavy atom. The molecule has 3 rings (SSSR count). The van der Waals surface area contributed by atoms with Crippen LogP contribution in [0.2, 0.25) is 0 Å². The van der Waals surface area contributed by atoms with E-state index in [-0.39, 0.29) is 11.5 Å². The van der Waals surface area contributed by atoms with Crippen molar-refractivity contribution in [2.45, 2.75) is 0 Å². The second-order valence-corrected chi connectivity index (χ2v) is 5.97. The summed E-state index contributed by atoms with van der Waals surface area (Å²) in [6.45, 7) is 0. The summed E-state index contributed by atoms with van der Waals surface area (Å²) in [6, 6.07) is 13.4. The van der Waals surface area contributed by atoms with Crippen LogP contribution in [-0.2, 0) is 0 Å². The molecule has 0 unspecified atom stereocenters. The fraction of sp³-hybridized carbons (Fsp3) is 0. The van der Waals surface area contributed by atoms with Crippen molar-refractivity contribution in [3.8, 4) is 0 Å². The molecule has 0 atom stereocenters. The molecule has 0 aliphatic heterocycles. The maximum Gasteiger partial charge on any atom is 0.265 e. The quantitative estimate of drug-likeness (QED) is 0.421. The number of nitrogens with zero attached hydrogens (tertiary/aromatic N) is 3. The van der Waals surface area contributed by atoms with E-state index in [2.05, 4.69) is 15.3 Å². The second kappa shape index (κ2) is 6.41. The number of benzene rings is 2. The average Bonchev–Trinajstić information content (AvgIpc) is 2.99. The Kier molecular flexibility index (Phi) is 4.15. The smallest absolute Gasteiger partial charge is 0.265 e. The third-order valence-corrected chi connectivity index (χ3v) is 4.44. The molecule has 8 heteroatoms. The molecule has 3 aromatic rings. The van der Waals surface area contributed by atoms with Crippen LogP contribution in [0.25, 0.3) is 20.5 Å².